The fourth-order valence-corrected chi connectivity index (χ4v) is 3.68. The van der Waals surface area contributed by atoms with Crippen LogP contribution >= 0.6 is 12.6 Å². The molecule has 0 fully saturated rings. The van der Waals surface area contributed by atoms with Crippen LogP contribution in [0.5, 0.6) is 0 Å². The maximum Gasteiger partial charge on any atom is 0.330 e. The number of aromatic nitrogens is 3. The number of nitrogens with zero attached hydrogens (tertiary/aromatic N) is 4. The Balaban J connectivity index is 2.45. The van der Waals surface area contributed by atoms with Crippen molar-refractivity contribution in [1.29, 1.82) is 0 Å². The van der Waals surface area contributed by atoms with Gasteiger partial charge >= 0.3 is 5.69 Å². The largest absolute Gasteiger partial charge is 0.339 e. The van der Waals surface area contributed by atoms with Crippen molar-refractivity contribution in [3.63, 3.8) is 0 Å². The van der Waals surface area contributed by atoms with Crippen LogP contribution in [0.1, 0.15) is 6.04 Å². The van der Waals surface area contributed by atoms with Crippen molar-refractivity contribution in [2.45, 2.75) is 6.04 Å². The van der Waals surface area contributed by atoms with Crippen LogP contribution in [0, 0.1) is 0 Å². The predicted octanol–water partition coefficient (Wildman–Crippen LogP) is 1.74. The molecular weight excluding hydrogens is 348 g/mol. The summed E-state index contributed by atoms with van der Waals surface area (Å²) in [6.45, 7) is 0.776. The standard InChI is InChI=1S/C19H24N4O2S/c1-20(2)10-14(12-26)23-11-15-16(17(23)13-8-6-5-7-9-13)18(24)22(4)19(25)21(15)3/h5-9,11,14,26H,10,12H2,1-4H3/t14-/m0/s1. The van der Waals surface area contributed by atoms with Crippen LogP contribution in [0.4, 0.5) is 0 Å². The van der Waals surface area contributed by atoms with Crippen LogP contribution in [0.2, 0.25) is 0 Å². The molecule has 0 radical (unpaired) electrons. The number of likely N-dealkylation sites (N-methyl/N-ethyl adjacent to an activating group) is 1. The van der Waals surface area contributed by atoms with Crippen molar-refractivity contribution < 1.29 is 0 Å². The van der Waals surface area contributed by atoms with E-state index in [0.29, 0.717) is 16.7 Å². The minimum absolute atomic E-state index is 0.0655. The zero-order valence-electron chi connectivity index (χ0n) is 15.5. The summed E-state index contributed by atoms with van der Waals surface area (Å²) in [5, 5.41) is 0.561. The topological polar surface area (TPSA) is 52.2 Å². The van der Waals surface area contributed by atoms with Gasteiger partial charge in [-0.05, 0) is 19.7 Å². The first-order chi connectivity index (χ1) is 12.4. The molecule has 26 heavy (non-hydrogen) atoms. The van der Waals surface area contributed by atoms with Crippen LogP contribution in [0.15, 0.2) is 46.1 Å². The van der Waals surface area contributed by atoms with E-state index in [1.165, 1.54) is 16.2 Å². The normalized spacial score (nSPS) is 12.8. The lowest BCUT2D eigenvalue weighted by molar-refractivity contribution is 0.342. The van der Waals surface area contributed by atoms with Crippen molar-refractivity contribution in [2.75, 3.05) is 26.4 Å². The van der Waals surface area contributed by atoms with Crippen LogP contribution in [-0.4, -0.2) is 45.0 Å². The van der Waals surface area contributed by atoms with Crippen LogP contribution in [0.3, 0.4) is 0 Å². The SMILES string of the molecule is CN(C)C[C@@H](CS)n1cc2c(c1-c1ccccc1)c(=O)n(C)c(=O)n2C. The number of fused-ring (bicyclic) bond motifs is 1. The molecular formula is C19H24N4O2S. The molecule has 1 aromatic carbocycles. The van der Waals surface area contributed by atoms with Gasteiger partial charge in [-0.15, -0.1) is 0 Å². The van der Waals surface area contributed by atoms with Crippen molar-refractivity contribution in [2.24, 2.45) is 14.1 Å². The molecule has 0 spiro atoms. The third-order valence-corrected chi connectivity index (χ3v) is 5.11. The molecule has 2 heterocycles. The van der Waals surface area contributed by atoms with Gasteiger partial charge in [-0.3, -0.25) is 13.9 Å². The lowest BCUT2D eigenvalue weighted by Crippen LogP contribution is -2.36. The monoisotopic (exact) mass is 372 g/mol. The summed E-state index contributed by atoms with van der Waals surface area (Å²) in [6.07, 6.45) is 1.91. The summed E-state index contributed by atoms with van der Waals surface area (Å²) in [7, 11) is 7.24. The zero-order valence-corrected chi connectivity index (χ0v) is 16.4. The second-order valence-electron chi connectivity index (χ2n) is 6.82. The highest BCUT2D eigenvalue weighted by molar-refractivity contribution is 7.80. The number of hydrogen-bond donors (Lipinski definition) is 1. The van der Waals surface area contributed by atoms with Crippen molar-refractivity contribution in [3.05, 3.63) is 57.4 Å². The predicted molar refractivity (Wildman–Crippen MR) is 109 cm³/mol. The van der Waals surface area contributed by atoms with Gasteiger partial charge in [-0.1, -0.05) is 30.3 Å². The van der Waals surface area contributed by atoms with E-state index in [1.54, 1.807) is 7.05 Å². The summed E-state index contributed by atoms with van der Waals surface area (Å²) >= 11 is 4.54. The van der Waals surface area contributed by atoms with E-state index in [9.17, 15) is 9.59 Å². The molecule has 3 aromatic rings. The molecule has 0 bridgehead atoms. The summed E-state index contributed by atoms with van der Waals surface area (Å²) in [6, 6.07) is 9.89. The lowest BCUT2D eigenvalue weighted by atomic mass is 10.1. The summed E-state index contributed by atoms with van der Waals surface area (Å²) in [5.74, 6) is 0.618. The highest BCUT2D eigenvalue weighted by Crippen LogP contribution is 2.31. The highest BCUT2D eigenvalue weighted by Gasteiger charge is 2.23. The average molecular weight is 372 g/mol. The molecule has 6 nitrogen and oxygen atoms in total. The molecule has 2 aromatic heterocycles. The molecule has 0 saturated carbocycles. The molecule has 0 amide bonds. The highest BCUT2D eigenvalue weighted by atomic mass is 32.1. The Bertz CT molecular complexity index is 1050. The minimum Gasteiger partial charge on any atom is -0.339 e. The molecule has 0 aliphatic heterocycles. The smallest absolute Gasteiger partial charge is 0.330 e. The lowest BCUT2D eigenvalue weighted by Gasteiger charge is -2.23. The van der Waals surface area contributed by atoms with Gasteiger partial charge in [0.05, 0.1) is 22.6 Å². The second-order valence-corrected chi connectivity index (χ2v) is 7.18. The number of aryl methyl sites for hydroxylation is 1. The van der Waals surface area contributed by atoms with Gasteiger partial charge in [0.15, 0.2) is 0 Å². The van der Waals surface area contributed by atoms with Gasteiger partial charge in [-0.2, -0.15) is 12.6 Å². The van der Waals surface area contributed by atoms with Crippen LogP contribution in [0.25, 0.3) is 22.2 Å². The molecule has 0 aliphatic carbocycles. The van der Waals surface area contributed by atoms with Gasteiger partial charge in [0.2, 0.25) is 0 Å². The summed E-state index contributed by atoms with van der Waals surface area (Å²) in [5.41, 5.74) is 1.82. The molecule has 1 atom stereocenters. The van der Waals surface area contributed by atoms with Crippen molar-refractivity contribution in [3.8, 4) is 11.3 Å². The number of hydrogen-bond acceptors (Lipinski definition) is 4. The van der Waals surface area contributed by atoms with E-state index >= 15 is 0 Å². The number of benzene rings is 1. The first-order valence-electron chi connectivity index (χ1n) is 8.48. The maximum absolute atomic E-state index is 12.9. The maximum atomic E-state index is 12.9. The molecule has 7 heteroatoms. The molecule has 0 saturated heterocycles. The Labute approximate surface area is 157 Å². The molecule has 0 unspecified atom stereocenters. The second kappa shape index (κ2) is 7.17. The first-order valence-corrected chi connectivity index (χ1v) is 9.11. The minimum atomic E-state index is -0.325. The number of thiol groups is 1. The van der Waals surface area contributed by atoms with E-state index in [-0.39, 0.29) is 17.3 Å². The van der Waals surface area contributed by atoms with E-state index in [1.807, 2.05) is 50.6 Å². The Morgan fingerprint density at radius 3 is 2.31 bits per heavy atom. The van der Waals surface area contributed by atoms with Gasteiger partial charge in [0.25, 0.3) is 5.56 Å². The number of rotatable bonds is 5. The fraction of sp³-hybridized carbons (Fsp3) is 0.368. The van der Waals surface area contributed by atoms with Gasteiger partial charge in [-0.25, -0.2) is 4.79 Å². The molecule has 0 aliphatic rings. The Morgan fingerprint density at radius 2 is 1.73 bits per heavy atom. The van der Waals surface area contributed by atoms with Gasteiger partial charge < -0.3 is 9.47 Å². The van der Waals surface area contributed by atoms with E-state index in [4.69, 9.17) is 0 Å². The van der Waals surface area contributed by atoms with Crippen molar-refractivity contribution in [1.82, 2.24) is 18.6 Å². The summed E-state index contributed by atoms with van der Waals surface area (Å²) in [4.78, 5) is 27.4. The van der Waals surface area contributed by atoms with E-state index < -0.39 is 0 Å². The summed E-state index contributed by atoms with van der Waals surface area (Å²) < 4.78 is 4.79. The third kappa shape index (κ3) is 3.01. The Kier molecular flexibility index (Phi) is 5.11. The van der Waals surface area contributed by atoms with E-state index in [2.05, 4.69) is 22.1 Å². The van der Waals surface area contributed by atoms with Gasteiger partial charge in [0.1, 0.15) is 0 Å². The molecule has 0 N–H and O–H groups in total. The van der Waals surface area contributed by atoms with Gasteiger partial charge in [0, 0.05) is 32.6 Å². The fourth-order valence-electron chi connectivity index (χ4n) is 3.39. The molecule has 138 valence electrons. The zero-order chi connectivity index (χ0) is 19.0. The third-order valence-electron chi connectivity index (χ3n) is 4.69. The van der Waals surface area contributed by atoms with Crippen LogP contribution < -0.4 is 11.2 Å². The Hall–Kier alpha value is -2.25. The van der Waals surface area contributed by atoms with E-state index in [0.717, 1.165) is 17.8 Å². The molecule has 3 rings (SSSR count). The van der Waals surface area contributed by atoms with Crippen molar-refractivity contribution >= 4 is 23.5 Å². The average Bonchev–Trinajstić information content (AvgIpc) is 3.03. The first kappa shape index (κ1) is 18.5. The van der Waals surface area contributed by atoms with Crippen LogP contribution in [-0.2, 0) is 14.1 Å². The quantitative estimate of drug-likeness (QED) is 0.694. The Morgan fingerprint density at radius 1 is 1.08 bits per heavy atom.